The van der Waals surface area contributed by atoms with Gasteiger partial charge in [0.1, 0.15) is 0 Å². The molecule has 0 radical (unpaired) electrons. The molecule has 2 rings (SSSR count). The Morgan fingerprint density at radius 3 is 2.32 bits per heavy atom. The molecule has 0 aliphatic carbocycles. The van der Waals surface area contributed by atoms with Crippen LogP contribution in [0.3, 0.4) is 0 Å². The number of aliphatic carboxylic acids is 1. The normalized spacial score (nSPS) is 11.1. The first kappa shape index (κ1) is 16.0. The van der Waals surface area contributed by atoms with Crippen molar-refractivity contribution in [2.75, 3.05) is 14.2 Å². The van der Waals surface area contributed by atoms with Crippen LogP contribution in [0.25, 0.3) is 4.91 Å². The molecule has 0 fully saturated rings. The van der Waals surface area contributed by atoms with Crippen LogP contribution in [0.15, 0.2) is 59.5 Å². The van der Waals surface area contributed by atoms with E-state index in [0.29, 0.717) is 16.4 Å². The summed E-state index contributed by atoms with van der Waals surface area (Å²) < 4.78 is 10.5. The number of hydrogen-bond acceptors (Lipinski definition) is 4. The molecule has 0 amide bonds. The van der Waals surface area contributed by atoms with Gasteiger partial charge in [-0.1, -0.05) is 42.1 Å². The summed E-state index contributed by atoms with van der Waals surface area (Å²) in [5.41, 5.74) is 0.852. The van der Waals surface area contributed by atoms with Gasteiger partial charge in [0.2, 0.25) is 0 Å². The van der Waals surface area contributed by atoms with E-state index in [1.807, 2.05) is 42.5 Å². The van der Waals surface area contributed by atoms with E-state index in [1.165, 1.54) is 17.8 Å². The zero-order chi connectivity index (χ0) is 15.9. The molecule has 1 N–H and O–H groups in total. The molecule has 22 heavy (non-hydrogen) atoms. The van der Waals surface area contributed by atoms with Gasteiger partial charge in [0.25, 0.3) is 0 Å². The molecule has 0 saturated carbocycles. The third-order valence-corrected chi connectivity index (χ3v) is 3.96. The highest BCUT2D eigenvalue weighted by Crippen LogP contribution is 2.38. The molecular formula is C17H16O4S. The minimum absolute atomic E-state index is 0.607. The van der Waals surface area contributed by atoms with Crippen LogP contribution in [-0.2, 0) is 4.79 Å². The smallest absolute Gasteiger partial charge is 0.329 e. The van der Waals surface area contributed by atoms with Gasteiger partial charge in [-0.15, -0.1) is 0 Å². The fourth-order valence-electron chi connectivity index (χ4n) is 1.89. The van der Waals surface area contributed by atoms with Gasteiger partial charge >= 0.3 is 5.97 Å². The summed E-state index contributed by atoms with van der Waals surface area (Å²) in [6, 6.07) is 14.9. The van der Waals surface area contributed by atoms with Crippen molar-refractivity contribution >= 4 is 22.6 Å². The maximum Gasteiger partial charge on any atom is 0.329 e. The summed E-state index contributed by atoms with van der Waals surface area (Å²) in [4.78, 5) is 12.6. The molecule has 0 saturated heterocycles. The Kier molecular flexibility index (Phi) is 5.49. The van der Waals surface area contributed by atoms with Crippen molar-refractivity contribution in [3.8, 4) is 11.5 Å². The van der Waals surface area contributed by atoms with Crippen LogP contribution in [0, 0.1) is 0 Å². The highest BCUT2D eigenvalue weighted by molar-refractivity contribution is 8.08. The summed E-state index contributed by atoms with van der Waals surface area (Å²) in [6.45, 7) is 0. The summed E-state index contributed by atoms with van der Waals surface area (Å²) in [6.07, 6.45) is 1.21. The molecule has 0 unspecified atom stereocenters. The Balaban J connectivity index is 2.34. The minimum Gasteiger partial charge on any atom is -0.493 e. The van der Waals surface area contributed by atoms with Crippen LogP contribution < -0.4 is 9.47 Å². The Labute approximate surface area is 133 Å². The Hall–Kier alpha value is -2.40. The molecule has 0 aliphatic rings. The second kappa shape index (κ2) is 7.56. The van der Waals surface area contributed by atoms with Crippen molar-refractivity contribution in [3.63, 3.8) is 0 Å². The quantitative estimate of drug-likeness (QED) is 0.646. The van der Waals surface area contributed by atoms with Crippen molar-refractivity contribution in [1.82, 2.24) is 0 Å². The van der Waals surface area contributed by atoms with Crippen molar-refractivity contribution in [1.29, 1.82) is 0 Å². The minimum atomic E-state index is -0.980. The molecule has 0 atom stereocenters. The zero-order valence-electron chi connectivity index (χ0n) is 12.3. The summed E-state index contributed by atoms with van der Waals surface area (Å²) >= 11 is 1.36. The van der Waals surface area contributed by atoms with E-state index in [1.54, 1.807) is 20.3 Å². The average Bonchev–Trinajstić information content (AvgIpc) is 2.54. The van der Waals surface area contributed by atoms with Gasteiger partial charge in [-0.05, 0) is 23.8 Å². The lowest BCUT2D eigenvalue weighted by Gasteiger charge is -2.11. The number of carbonyl (C=O) groups is 1. The average molecular weight is 316 g/mol. The van der Waals surface area contributed by atoms with Crippen molar-refractivity contribution < 1.29 is 19.4 Å². The van der Waals surface area contributed by atoms with Crippen LogP contribution in [0.1, 0.15) is 5.56 Å². The maximum absolute atomic E-state index is 11.1. The predicted octanol–water partition coefficient (Wildman–Crippen LogP) is 3.92. The summed E-state index contributed by atoms with van der Waals surface area (Å²) in [5, 5.41) is 9.07. The van der Waals surface area contributed by atoms with Crippen molar-refractivity contribution in [2.45, 2.75) is 4.90 Å². The maximum atomic E-state index is 11.1. The lowest BCUT2D eigenvalue weighted by Crippen LogP contribution is -1.92. The third-order valence-electron chi connectivity index (χ3n) is 2.90. The van der Waals surface area contributed by atoms with Crippen LogP contribution in [0.2, 0.25) is 0 Å². The molecule has 0 spiro atoms. The number of methoxy groups -OCH3 is 2. The summed E-state index contributed by atoms with van der Waals surface area (Å²) in [7, 11) is 3.14. The number of ether oxygens (including phenoxy) is 2. The third kappa shape index (κ3) is 4.05. The largest absolute Gasteiger partial charge is 0.493 e. The van der Waals surface area contributed by atoms with E-state index in [2.05, 4.69) is 0 Å². The van der Waals surface area contributed by atoms with E-state index >= 15 is 0 Å². The van der Waals surface area contributed by atoms with Crippen molar-refractivity contribution in [2.24, 2.45) is 0 Å². The van der Waals surface area contributed by atoms with Gasteiger partial charge in [-0.25, -0.2) is 4.79 Å². The summed E-state index contributed by atoms with van der Waals surface area (Å²) in [5.74, 6) is 0.261. The van der Waals surface area contributed by atoms with Gasteiger partial charge in [0, 0.05) is 15.9 Å². The molecule has 5 heteroatoms. The number of carboxylic acids is 1. The van der Waals surface area contributed by atoms with Crippen LogP contribution in [0.4, 0.5) is 0 Å². The van der Waals surface area contributed by atoms with Crippen LogP contribution >= 0.6 is 11.8 Å². The monoisotopic (exact) mass is 316 g/mol. The Morgan fingerprint density at radius 2 is 1.73 bits per heavy atom. The molecule has 114 valence electrons. The SMILES string of the molecule is COc1ccc(S/C(=C\C(=O)O)c2ccccc2)cc1OC. The number of carboxylic acid groups (broad SMARTS) is 1. The van der Waals surface area contributed by atoms with Gasteiger partial charge < -0.3 is 14.6 Å². The lowest BCUT2D eigenvalue weighted by atomic mass is 10.2. The Bertz CT molecular complexity index is 680. The number of benzene rings is 2. The fourth-order valence-corrected chi connectivity index (χ4v) is 2.86. The highest BCUT2D eigenvalue weighted by atomic mass is 32.2. The van der Waals surface area contributed by atoms with Gasteiger partial charge in [0.15, 0.2) is 11.5 Å². The molecule has 2 aromatic carbocycles. The first-order valence-electron chi connectivity index (χ1n) is 6.54. The highest BCUT2D eigenvalue weighted by Gasteiger charge is 2.10. The fraction of sp³-hybridized carbons (Fsp3) is 0.118. The molecule has 0 aromatic heterocycles. The zero-order valence-corrected chi connectivity index (χ0v) is 13.1. The molecule has 4 nitrogen and oxygen atoms in total. The Morgan fingerprint density at radius 1 is 1.05 bits per heavy atom. The first-order chi connectivity index (χ1) is 10.6. The molecular weight excluding hydrogens is 300 g/mol. The molecule has 0 heterocycles. The molecule has 0 aliphatic heterocycles. The topological polar surface area (TPSA) is 55.8 Å². The van der Waals surface area contributed by atoms with Gasteiger partial charge in [-0.3, -0.25) is 0 Å². The second-order valence-corrected chi connectivity index (χ2v) is 5.45. The van der Waals surface area contributed by atoms with Gasteiger partial charge in [-0.2, -0.15) is 0 Å². The van der Waals surface area contributed by atoms with E-state index in [9.17, 15) is 4.79 Å². The second-order valence-electron chi connectivity index (χ2n) is 4.33. The number of hydrogen-bond donors (Lipinski definition) is 1. The van der Waals surface area contributed by atoms with Crippen molar-refractivity contribution in [3.05, 3.63) is 60.2 Å². The van der Waals surface area contributed by atoms with E-state index in [-0.39, 0.29) is 0 Å². The van der Waals surface area contributed by atoms with Crippen LogP contribution in [0.5, 0.6) is 11.5 Å². The van der Waals surface area contributed by atoms with E-state index < -0.39 is 5.97 Å². The van der Waals surface area contributed by atoms with Crippen LogP contribution in [-0.4, -0.2) is 25.3 Å². The standard InChI is InChI=1S/C17H16O4S/c1-20-14-9-8-13(10-15(14)21-2)22-16(11-17(18)19)12-6-4-3-5-7-12/h3-11H,1-2H3,(H,18,19)/b16-11-. The lowest BCUT2D eigenvalue weighted by molar-refractivity contribution is -0.131. The first-order valence-corrected chi connectivity index (χ1v) is 7.35. The molecule has 0 bridgehead atoms. The molecule has 2 aromatic rings. The van der Waals surface area contributed by atoms with Gasteiger partial charge in [0.05, 0.1) is 14.2 Å². The predicted molar refractivity (Wildman–Crippen MR) is 87.5 cm³/mol. The van der Waals surface area contributed by atoms with E-state index in [4.69, 9.17) is 14.6 Å². The van der Waals surface area contributed by atoms with E-state index in [0.717, 1.165) is 10.5 Å². The number of thioether (sulfide) groups is 1. The number of rotatable bonds is 6.